The molecule has 0 radical (unpaired) electrons. The third kappa shape index (κ3) is 4.01. The van der Waals surface area contributed by atoms with Crippen molar-refractivity contribution < 1.29 is 4.42 Å². The number of benzene rings is 6. The Balaban J connectivity index is 1.09. The third-order valence-corrected chi connectivity index (χ3v) is 10.5. The highest BCUT2D eigenvalue weighted by molar-refractivity contribution is 7.26. The first-order valence-corrected chi connectivity index (χ1v) is 15.8. The van der Waals surface area contributed by atoms with Gasteiger partial charge in [-0.25, -0.2) is 0 Å². The van der Waals surface area contributed by atoms with Crippen LogP contribution in [-0.4, -0.2) is 10.2 Å². The van der Waals surface area contributed by atoms with Gasteiger partial charge in [0.1, 0.15) is 0 Å². The Morgan fingerprint density at radius 1 is 0.395 bits per heavy atom. The zero-order valence-electron chi connectivity index (χ0n) is 22.8. The van der Waals surface area contributed by atoms with Crippen LogP contribution in [0.25, 0.3) is 85.5 Å². The predicted octanol–water partition coefficient (Wildman–Crippen LogP) is 11.5. The molecule has 0 aliphatic rings. The van der Waals surface area contributed by atoms with Gasteiger partial charge in [0.2, 0.25) is 11.8 Å². The van der Waals surface area contributed by atoms with Crippen LogP contribution in [0.4, 0.5) is 0 Å². The van der Waals surface area contributed by atoms with Crippen molar-refractivity contribution in [1.29, 1.82) is 0 Å². The number of fused-ring (bicyclic) bond motifs is 6. The summed E-state index contributed by atoms with van der Waals surface area (Å²) in [6.45, 7) is 0. The maximum atomic E-state index is 6.29. The molecule has 0 amide bonds. The molecule has 0 bridgehead atoms. The quantitative estimate of drug-likeness (QED) is 0.206. The highest BCUT2D eigenvalue weighted by Gasteiger charge is 2.16. The van der Waals surface area contributed by atoms with Gasteiger partial charge in [0.15, 0.2) is 0 Å². The molecule has 0 atom stereocenters. The molecular weight excluding hydrogens is 565 g/mol. The van der Waals surface area contributed by atoms with E-state index in [1.807, 2.05) is 34.8 Å². The van der Waals surface area contributed by atoms with Gasteiger partial charge in [-0.2, -0.15) is 0 Å². The van der Waals surface area contributed by atoms with E-state index >= 15 is 0 Å². The molecule has 3 nitrogen and oxygen atoms in total. The summed E-state index contributed by atoms with van der Waals surface area (Å²) in [5, 5.41) is 14.1. The van der Waals surface area contributed by atoms with Gasteiger partial charge in [-0.3, -0.25) is 0 Å². The Hall–Kier alpha value is -5.10. The van der Waals surface area contributed by atoms with Crippen LogP contribution in [0.1, 0.15) is 0 Å². The lowest BCUT2D eigenvalue weighted by atomic mass is 10.0. The minimum atomic E-state index is 0.511. The van der Waals surface area contributed by atoms with Gasteiger partial charge < -0.3 is 4.42 Å². The number of hydrogen-bond donors (Lipinski definition) is 0. The number of hydrogen-bond acceptors (Lipinski definition) is 5. The van der Waals surface area contributed by atoms with Crippen molar-refractivity contribution in [2.24, 2.45) is 0 Å². The molecule has 0 aliphatic carbocycles. The number of thiophene rings is 2. The molecule has 3 aromatic heterocycles. The lowest BCUT2D eigenvalue weighted by molar-refractivity contribution is 0.584. The first-order chi connectivity index (χ1) is 21.3. The van der Waals surface area contributed by atoms with Gasteiger partial charge in [-0.1, -0.05) is 97.1 Å². The number of nitrogens with zero attached hydrogens (tertiary/aromatic N) is 2. The summed E-state index contributed by atoms with van der Waals surface area (Å²) in [7, 11) is 0. The average Bonchev–Trinajstić information content (AvgIpc) is 3.80. The Bertz CT molecular complexity index is 2310. The first-order valence-electron chi connectivity index (χ1n) is 14.2. The van der Waals surface area contributed by atoms with E-state index < -0.39 is 0 Å². The van der Waals surface area contributed by atoms with Crippen molar-refractivity contribution in [3.63, 3.8) is 0 Å². The molecule has 0 saturated carbocycles. The van der Waals surface area contributed by atoms with Crippen molar-refractivity contribution in [2.45, 2.75) is 0 Å². The Kier molecular flexibility index (Phi) is 5.54. The first kappa shape index (κ1) is 24.5. The van der Waals surface area contributed by atoms with Crippen LogP contribution < -0.4 is 0 Å². The summed E-state index contributed by atoms with van der Waals surface area (Å²) in [5.74, 6) is 1.02. The fraction of sp³-hybridized carbons (Fsp3) is 0. The van der Waals surface area contributed by atoms with Crippen molar-refractivity contribution in [1.82, 2.24) is 10.2 Å². The van der Waals surface area contributed by atoms with Crippen LogP contribution >= 0.6 is 22.7 Å². The lowest BCUT2D eigenvalue weighted by Gasteiger charge is -2.06. The highest BCUT2D eigenvalue weighted by Crippen LogP contribution is 2.42. The summed E-state index contributed by atoms with van der Waals surface area (Å²) < 4.78 is 11.5. The van der Waals surface area contributed by atoms with Crippen LogP contribution in [-0.2, 0) is 0 Å². The minimum Gasteiger partial charge on any atom is -0.416 e. The summed E-state index contributed by atoms with van der Waals surface area (Å²) in [6.07, 6.45) is 0. The Labute approximate surface area is 255 Å². The van der Waals surface area contributed by atoms with Gasteiger partial charge in [0.25, 0.3) is 0 Å². The van der Waals surface area contributed by atoms with Gasteiger partial charge >= 0.3 is 0 Å². The van der Waals surface area contributed by atoms with E-state index in [-0.39, 0.29) is 0 Å². The lowest BCUT2D eigenvalue weighted by Crippen LogP contribution is -1.82. The van der Waals surface area contributed by atoms with Crippen LogP contribution in [0.5, 0.6) is 0 Å². The van der Waals surface area contributed by atoms with E-state index in [1.54, 1.807) is 0 Å². The molecule has 0 fully saturated rings. The number of rotatable bonds is 4. The molecule has 0 spiro atoms. The summed E-state index contributed by atoms with van der Waals surface area (Å²) in [6, 6.07) is 47.1. The maximum absolute atomic E-state index is 6.29. The molecular formula is C38H22N2OS2. The molecule has 9 rings (SSSR count). The zero-order chi connectivity index (χ0) is 28.3. The summed E-state index contributed by atoms with van der Waals surface area (Å²) in [4.78, 5) is 0. The van der Waals surface area contributed by atoms with Gasteiger partial charge in [0.05, 0.1) is 0 Å². The predicted molar refractivity (Wildman–Crippen MR) is 182 cm³/mol. The molecule has 43 heavy (non-hydrogen) atoms. The average molecular weight is 587 g/mol. The molecule has 0 N–H and O–H groups in total. The molecule has 0 unspecified atom stereocenters. The third-order valence-electron chi connectivity index (χ3n) is 8.07. The van der Waals surface area contributed by atoms with Crippen molar-refractivity contribution in [3.05, 3.63) is 133 Å². The smallest absolute Gasteiger partial charge is 0.248 e. The zero-order valence-corrected chi connectivity index (χ0v) is 24.5. The second-order valence-electron chi connectivity index (χ2n) is 10.6. The van der Waals surface area contributed by atoms with Gasteiger partial charge in [-0.15, -0.1) is 32.9 Å². The van der Waals surface area contributed by atoms with Crippen LogP contribution in [0.3, 0.4) is 0 Å². The summed E-state index contributed by atoms with van der Waals surface area (Å²) >= 11 is 3.67. The molecule has 6 aromatic carbocycles. The second-order valence-corrected chi connectivity index (χ2v) is 12.7. The van der Waals surface area contributed by atoms with E-state index in [2.05, 4.69) is 132 Å². The van der Waals surface area contributed by atoms with Crippen molar-refractivity contribution in [3.8, 4) is 45.2 Å². The van der Waals surface area contributed by atoms with Crippen LogP contribution in [0.15, 0.2) is 138 Å². The molecule has 5 heteroatoms. The maximum Gasteiger partial charge on any atom is 0.248 e. The van der Waals surface area contributed by atoms with E-state index in [9.17, 15) is 0 Å². The van der Waals surface area contributed by atoms with E-state index in [1.165, 1.54) is 51.5 Å². The standard InChI is InChI=1S/C38H22N2OS2/c1-3-19-33-29(13-1)31-17-7-15-27(35(31)42-33)23-9-5-11-25(21-23)37-39-40-38(41-37)26-12-6-10-24(22-26)28-16-8-18-32-30-14-2-4-20-34(30)43-36(28)32/h1-22H. The highest BCUT2D eigenvalue weighted by atomic mass is 32.1. The summed E-state index contributed by atoms with van der Waals surface area (Å²) in [5.41, 5.74) is 6.49. The van der Waals surface area contributed by atoms with E-state index in [4.69, 9.17) is 4.42 Å². The molecule has 9 aromatic rings. The normalized spacial score (nSPS) is 11.7. The topological polar surface area (TPSA) is 38.9 Å². The van der Waals surface area contributed by atoms with Crippen LogP contribution in [0.2, 0.25) is 0 Å². The van der Waals surface area contributed by atoms with Crippen LogP contribution in [0, 0.1) is 0 Å². The van der Waals surface area contributed by atoms with Crippen molar-refractivity contribution >= 4 is 63.0 Å². The molecule has 0 aliphatic heterocycles. The van der Waals surface area contributed by atoms with E-state index in [0.29, 0.717) is 11.8 Å². The monoisotopic (exact) mass is 586 g/mol. The fourth-order valence-corrected chi connectivity index (χ4v) is 8.52. The molecule has 3 heterocycles. The molecule has 202 valence electrons. The largest absolute Gasteiger partial charge is 0.416 e. The minimum absolute atomic E-state index is 0.511. The van der Waals surface area contributed by atoms with Gasteiger partial charge in [0, 0.05) is 51.5 Å². The fourth-order valence-electron chi connectivity index (χ4n) is 6.05. The van der Waals surface area contributed by atoms with E-state index in [0.717, 1.165) is 22.3 Å². The molecule has 0 saturated heterocycles. The number of aromatic nitrogens is 2. The second kappa shape index (κ2) is 9.73. The van der Waals surface area contributed by atoms with Crippen molar-refractivity contribution in [2.75, 3.05) is 0 Å². The van der Waals surface area contributed by atoms with Gasteiger partial charge in [-0.05, 0) is 58.7 Å². The Morgan fingerprint density at radius 2 is 0.814 bits per heavy atom. The Morgan fingerprint density at radius 3 is 1.33 bits per heavy atom. The SMILES string of the molecule is c1cc(-c2nnc(-c3cccc(-c4cccc5c4sc4ccccc45)c3)o2)cc(-c2cccc3c2sc2ccccc23)c1.